The maximum Gasteiger partial charge on any atom is 0.573 e. The number of H-pyrrole nitrogens is 2. The third-order valence-electron chi connectivity index (χ3n) is 3.21. The van der Waals surface area contributed by atoms with Crippen LogP contribution in [0.1, 0.15) is 21.6 Å². The van der Waals surface area contributed by atoms with Gasteiger partial charge in [-0.2, -0.15) is 0 Å². The minimum Gasteiger partial charge on any atom is -0.477 e. The minimum absolute atomic E-state index is 0.0206. The van der Waals surface area contributed by atoms with Crippen LogP contribution in [-0.4, -0.2) is 45.7 Å². The van der Waals surface area contributed by atoms with E-state index in [2.05, 4.69) is 4.74 Å². The number of rotatable bonds is 6. The maximum atomic E-state index is 12.1. The predicted octanol–water partition coefficient (Wildman–Crippen LogP) is 0.383. The molecule has 1 aromatic heterocycles. The van der Waals surface area contributed by atoms with Crippen molar-refractivity contribution in [3.8, 4) is 5.75 Å². The van der Waals surface area contributed by atoms with Gasteiger partial charge in [0, 0.05) is 12.1 Å². The zero-order chi connectivity index (χ0) is 21.3. The summed E-state index contributed by atoms with van der Waals surface area (Å²) in [5.74, 6) is -1.85. The molecule has 0 radical (unpaired) electrons. The van der Waals surface area contributed by atoms with E-state index in [1.54, 1.807) is 0 Å². The first-order chi connectivity index (χ1) is 13.1. The molecule has 6 N–H and O–H groups in total. The number of carboxylic acid groups (broad SMARTS) is 1. The van der Waals surface area contributed by atoms with Crippen LogP contribution in [-0.2, 0) is 12.8 Å². The molecule has 0 atom stereocenters. The fourth-order valence-corrected chi connectivity index (χ4v) is 2.06. The standard InChI is InChI=1S/C14H11F3N2O5.C2H7NO/c15-14(16,17)24-8-4-1-7(2-5-8)3-6-9-10(12(21)22)18-13(23)19-11(9)20;3-1-2-4/h1-2,4-5H,3,6H2,(H,21,22)(H2,18,19,20,23);4H,1-3H2. The molecule has 0 unspecified atom stereocenters. The number of hydrogen-bond donors (Lipinski definition) is 5. The Morgan fingerprint density at radius 3 is 2.14 bits per heavy atom. The summed E-state index contributed by atoms with van der Waals surface area (Å²) in [4.78, 5) is 37.9. The number of nitrogens with one attached hydrogen (secondary N) is 2. The average Bonchev–Trinajstić information content (AvgIpc) is 2.60. The van der Waals surface area contributed by atoms with E-state index in [9.17, 15) is 27.6 Å². The number of aromatic carboxylic acids is 1. The minimum atomic E-state index is -4.79. The predicted molar refractivity (Wildman–Crippen MR) is 91.3 cm³/mol. The van der Waals surface area contributed by atoms with Crippen LogP contribution in [0.15, 0.2) is 33.9 Å². The van der Waals surface area contributed by atoms with E-state index in [-0.39, 0.29) is 30.8 Å². The van der Waals surface area contributed by atoms with Crippen molar-refractivity contribution in [3.05, 3.63) is 61.9 Å². The van der Waals surface area contributed by atoms with Gasteiger partial charge < -0.3 is 25.7 Å². The summed E-state index contributed by atoms with van der Waals surface area (Å²) in [6, 6.07) is 4.94. The monoisotopic (exact) mass is 405 g/mol. The lowest BCUT2D eigenvalue weighted by Gasteiger charge is -2.09. The van der Waals surface area contributed by atoms with Crippen LogP contribution >= 0.6 is 0 Å². The van der Waals surface area contributed by atoms with E-state index in [1.165, 1.54) is 12.1 Å². The second-order valence-electron chi connectivity index (χ2n) is 5.27. The van der Waals surface area contributed by atoms with E-state index < -0.39 is 29.3 Å². The van der Waals surface area contributed by atoms with Gasteiger partial charge in [-0.05, 0) is 30.5 Å². The largest absolute Gasteiger partial charge is 0.573 e. The van der Waals surface area contributed by atoms with Crippen molar-refractivity contribution in [3.63, 3.8) is 0 Å². The summed E-state index contributed by atoms with van der Waals surface area (Å²) in [5, 5.41) is 16.8. The molecule has 154 valence electrons. The SMILES string of the molecule is NCCO.O=C(O)c1[nH]c(=O)[nH]c(=O)c1CCc1ccc(OC(F)(F)F)cc1. The Kier molecular flexibility index (Phi) is 8.41. The molecule has 0 saturated carbocycles. The quantitative estimate of drug-likeness (QED) is 0.465. The third-order valence-corrected chi connectivity index (χ3v) is 3.21. The number of aliphatic hydroxyl groups excluding tert-OH is 1. The number of aryl methyl sites for hydroxylation is 1. The highest BCUT2D eigenvalue weighted by atomic mass is 19.4. The van der Waals surface area contributed by atoms with Crippen molar-refractivity contribution in [2.24, 2.45) is 5.73 Å². The molecule has 0 bridgehead atoms. The van der Waals surface area contributed by atoms with Crippen LogP contribution in [0.25, 0.3) is 0 Å². The molecule has 0 aliphatic heterocycles. The van der Waals surface area contributed by atoms with Gasteiger partial charge in [0.15, 0.2) is 0 Å². The van der Waals surface area contributed by atoms with E-state index in [0.717, 1.165) is 12.1 Å². The first-order valence-electron chi connectivity index (χ1n) is 7.81. The van der Waals surface area contributed by atoms with Gasteiger partial charge in [0.05, 0.1) is 6.61 Å². The van der Waals surface area contributed by atoms with Gasteiger partial charge in [0.25, 0.3) is 5.56 Å². The molecule has 0 amide bonds. The Labute approximate surface area is 155 Å². The van der Waals surface area contributed by atoms with E-state index in [1.807, 2.05) is 9.97 Å². The molecule has 0 spiro atoms. The summed E-state index contributed by atoms with van der Waals surface area (Å²) in [6.07, 6.45) is -4.63. The Morgan fingerprint density at radius 2 is 1.68 bits per heavy atom. The highest BCUT2D eigenvalue weighted by Crippen LogP contribution is 2.23. The molecule has 0 fully saturated rings. The van der Waals surface area contributed by atoms with Crippen LogP contribution in [0.3, 0.4) is 0 Å². The van der Waals surface area contributed by atoms with Crippen molar-refractivity contribution in [2.75, 3.05) is 13.2 Å². The van der Waals surface area contributed by atoms with Gasteiger partial charge in [-0.15, -0.1) is 13.2 Å². The molecule has 0 aliphatic carbocycles. The number of halogens is 3. The summed E-state index contributed by atoms with van der Waals surface area (Å²) in [5.41, 5.74) is 2.94. The fraction of sp³-hybridized carbons (Fsp3) is 0.312. The normalized spacial score (nSPS) is 10.8. The third kappa shape index (κ3) is 7.63. The van der Waals surface area contributed by atoms with Gasteiger partial charge in [-0.25, -0.2) is 9.59 Å². The number of carboxylic acids is 1. The Balaban J connectivity index is 0.000000892. The lowest BCUT2D eigenvalue weighted by atomic mass is 10.0. The first-order valence-corrected chi connectivity index (χ1v) is 7.81. The molecule has 0 aliphatic rings. The molecule has 2 aromatic rings. The lowest BCUT2D eigenvalue weighted by Crippen LogP contribution is -2.30. The number of carbonyl (C=O) groups is 1. The smallest absolute Gasteiger partial charge is 0.477 e. The summed E-state index contributed by atoms with van der Waals surface area (Å²) in [7, 11) is 0. The van der Waals surface area contributed by atoms with Crippen molar-refractivity contribution in [1.82, 2.24) is 9.97 Å². The number of aliphatic hydroxyl groups is 1. The van der Waals surface area contributed by atoms with Gasteiger partial charge in [-0.1, -0.05) is 12.1 Å². The summed E-state index contributed by atoms with van der Waals surface area (Å²) < 4.78 is 39.9. The van der Waals surface area contributed by atoms with Crippen molar-refractivity contribution < 1.29 is 32.9 Å². The van der Waals surface area contributed by atoms with Crippen LogP contribution < -0.4 is 21.7 Å². The van der Waals surface area contributed by atoms with Crippen LogP contribution in [0, 0.1) is 0 Å². The topological polar surface area (TPSA) is 158 Å². The highest BCUT2D eigenvalue weighted by molar-refractivity contribution is 5.86. The van der Waals surface area contributed by atoms with E-state index >= 15 is 0 Å². The molecule has 1 heterocycles. The molecule has 12 heteroatoms. The Bertz CT molecular complexity index is 888. The second-order valence-corrected chi connectivity index (χ2v) is 5.27. The lowest BCUT2D eigenvalue weighted by molar-refractivity contribution is -0.274. The van der Waals surface area contributed by atoms with Crippen molar-refractivity contribution in [1.29, 1.82) is 0 Å². The number of hydrogen-bond acceptors (Lipinski definition) is 6. The molecular weight excluding hydrogens is 387 g/mol. The van der Waals surface area contributed by atoms with E-state index in [4.69, 9.17) is 15.9 Å². The number of alkyl halides is 3. The molecule has 9 nitrogen and oxygen atoms in total. The second kappa shape index (κ2) is 10.3. The molecule has 1 aromatic carbocycles. The van der Waals surface area contributed by atoms with Gasteiger partial charge in [0.2, 0.25) is 0 Å². The van der Waals surface area contributed by atoms with Gasteiger partial charge >= 0.3 is 18.0 Å². The number of aromatic amines is 2. The molecule has 0 saturated heterocycles. The Hall–Kier alpha value is -3.12. The Morgan fingerprint density at radius 1 is 1.11 bits per heavy atom. The zero-order valence-electron chi connectivity index (χ0n) is 14.4. The maximum absolute atomic E-state index is 12.1. The average molecular weight is 405 g/mol. The molecule has 28 heavy (non-hydrogen) atoms. The van der Waals surface area contributed by atoms with Crippen LogP contribution in [0.4, 0.5) is 13.2 Å². The molecule has 2 rings (SSSR count). The highest BCUT2D eigenvalue weighted by Gasteiger charge is 2.30. The van der Waals surface area contributed by atoms with Crippen molar-refractivity contribution in [2.45, 2.75) is 19.2 Å². The number of nitrogens with two attached hydrogens (primary N) is 1. The number of benzene rings is 1. The van der Waals surface area contributed by atoms with Crippen LogP contribution in [0.5, 0.6) is 5.75 Å². The van der Waals surface area contributed by atoms with Crippen molar-refractivity contribution >= 4 is 5.97 Å². The number of ether oxygens (including phenoxy) is 1. The van der Waals surface area contributed by atoms with Gasteiger partial charge in [0.1, 0.15) is 11.4 Å². The summed E-state index contributed by atoms with van der Waals surface area (Å²) in [6.45, 7) is 0.472. The molecular formula is C16H18F3N3O6. The van der Waals surface area contributed by atoms with Gasteiger partial charge in [-0.3, -0.25) is 9.78 Å². The number of aromatic nitrogens is 2. The summed E-state index contributed by atoms with van der Waals surface area (Å²) >= 11 is 0. The fourth-order valence-electron chi connectivity index (χ4n) is 2.06. The zero-order valence-corrected chi connectivity index (χ0v) is 14.4. The van der Waals surface area contributed by atoms with Crippen LogP contribution in [0.2, 0.25) is 0 Å². The first kappa shape index (κ1) is 22.9. The van der Waals surface area contributed by atoms with E-state index in [0.29, 0.717) is 12.1 Å².